The van der Waals surface area contributed by atoms with E-state index in [1.165, 1.54) is 3.58 Å². The van der Waals surface area contributed by atoms with Crippen LogP contribution in [0, 0.1) is 20.8 Å². The van der Waals surface area contributed by atoms with Gasteiger partial charge in [-0.05, 0) is 26.0 Å². The van der Waals surface area contributed by atoms with Gasteiger partial charge >= 0.3 is 200 Å². The van der Waals surface area contributed by atoms with E-state index in [1.807, 2.05) is 88.8 Å². The van der Waals surface area contributed by atoms with Gasteiger partial charge in [-0.2, -0.15) is 0 Å². The summed E-state index contributed by atoms with van der Waals surface area (Å²) < 4.78 is 13.7. The van der Waals surface area contributed by atoms with Crippen LogP contribution in [0.1, 0.15) is 29.6 Å². The first-order valence-electron chi connectivity index (χ1n) is 15.2. The molecule has 0 radical (unpaired) electrons. The average Bonchev–Trinajstić information content (AvgIpc) is 2.99. The molecule has 10 heteroatoms. The Bertz CT molecular complexity index is 1790. The summed E-state index contributed by atoms with van der Waals surface area (Å²) in [5, 5.41) is 6.64. The maximum absolute atomic E-state index is 6.42. The van der Waals surface area contributed by atoms with Gasteiger partial charge in [-0.25, -0.2) is 4.98 Å². The fraction of sp³-hybridized carbons (Fsp3) is 0.286. The fourth-order valence-corrected chi connectivity index (χ4v) is 7.65. The molecule has 232 valence electrons. The van der Waals surface area contributed by atoms with E-state index < -0.39 is 18.4 Å². The van der Waals surface area contributed by atoms with Crippen molar-refractivity contribution in [2.45, 2.75) is 48.9 Å². The summed E-state index contributed by atoms with van der Waals surface area (Å²) in [6.07, 6.45) is 6.38. The van der Waals surface area contributed by atoms with Crippen molar-refractivity contribution >= 4 is 45.2 Å². The number of ether oxygens (including phenoxy) is 2. The van der Waals surface area contributed by atoms with Crippen LogP contribution < -0.4 is 23.7 Å². The number of nitrogens with zero attached hydrogens (tertiary/aromatic N) is 5. The second-order valence-corrected chi connectivity index (χ2v) is 26.5. The Balaban J connectivity index is 1.35. The van der Waals surface area contributed by atoms with Gasteiger partial charge in [0, 0.05) is 5.69 Å². The summed E-state index contributed by atoms with van der Waals surface area (Å²) in [6.45, 7) is 8.90. The van der Waals surface area contributed by atoms with Crippen molar-refractivity contribution in [3.8, 4) is 22.6 Å². The standard InChI is InChI=1S/C32H32N7O2.3CH3.Sn/c1-5-40-28-18-26(20-35-32(28)39-30-13-7-10-22(3)37-30)25-17-24(23(4)34-19-25)14-16-41-27-11-8-15-33-31(27)38-29-12-6-9-21(2)36-29;;;;/h6-7,9-13,15,17-20H,5,14,16H2,1-4H3,(H,33,36,38)(H,35,37,39);3*1H3;. The van der Waals surface area contributed by atoms with Crippen LogP contribution in [-0.2, 0) is 6.42 Å². The van der Waals surface area contributed by atoms with Crippen molar-refractivity contribution in [3.05, 3.63) is 95.8 Å². The van der Waals surface area contributed by atoms with E-state index in [2.05, 4.69) is 52.5 Å². The molecule has 0 saturated carbocycles. The molecule has 0 amide bonds. The Hall–Kier alpha value is -4.25. The van der Waals surface area contributed by atoms with E-state index in [4.69, 9.17) is 19.4 Å². The van der Waals surface area contributed by atoms with Gasteiger partial charge in [0.1, 0.15) is 5.82 Å². The van der Waals surface area contributed by atoms with Crippen molar-refractivity contribution in [2.75, 3.05) is 23.8 Å². The Morgan fingerprint density at radius 3 is 1.87 bits per heavy atom. The second-order valence-electron chi connectivity index (χ2n) is 12.0. The van der Waals surface area contributed by atoms with E-state index in [-0.39, 0.29) is 0 Å². The Labute approximate surface area is 269 Å². The number of hydrogen-bond acceptors (Lipinski definition) is 9. The Morgan fingerprint density at radius 1 is 0.689 bits per heavy atom. The molecule has 0 saturated heterocycles. The topological polar surface area (TPSA) is 107 Å². The average molecular weight is 710 g/mol. The zero-order valence-electron chi connectivity index (χ0n) is 27.1. The van der Waals surface area contributed by atoms with Gasteiger partial charge in [0.05, 0.1) is 6.61 Å². The van der Waals surface area contributed by atoms with E-state index in [1.54, 1.807) is 0 Å². The fourth-order valence-electron chi connectivity index (χ4n) is 4.75. The third-order valence-corrected chi connectivity index (χ3v) is 13.0. The van der Waals surface area contributed by atoms with Gasteiger partial charge in [0.2, 0.25) is 0 Å². The van der Waals surface area contributed by atoms with Crippen LogP contribution in [0.2, 0.25) is 14.8 Å². The minimum Gasteiger partial charge on any atom is -0.322 e. The summed E-state index contributed by atoms with van der Waals surface area (Å²) in [5.41, 5.74) is 5.80. The third-order valence-electron chi connectivity index (χ3n) is 7.29. The minimum atomic E-state index is -2.39. The van der Waals surface area contributed by atoms with Gasteiger partial charge in [0.25, 0.3) is 0 Å². The van der Waals surface area contributed by atoms with E-state index in [0.717, 1.165) is 51.2 Å². The number of hydrogen-bond donors (Lipinski definition) is 2. The molecule has 9 nitrogen and oxygen atoms in total. The molecule has 0 aliphatic carbocycles. The van der Waals surface area contributed by atoms with Gasteiger partial charge in [-0.3, -0.25) is 0 Å². The third kappa shape index (κ3) is 8.48. The quantitative estimate of drug-likeness (QED) is 0.129. The predicted octanol–water partition coefficient (Wildman–Crippen LogP) is 7.31. The summed E-state index contributed by atoms with van der Waals surface area (Å²) in [5.74, 6) is 4.14. The van der Waals surface area contributed by atoms with Crippen LogP contribution in [0.3, 0.4) is 0 Å². The van der Waals surface area contributed by atoms with Crippen molar-refractivity contribution in [3.63, 3.8) is 0 Å². The summed E-state index contributed by atoms with van der Waals surface area (Å²) >= 11 is -2.39. The van der Waals surface area contributed by atoms with E-state index in [0.29, 0.717) is 37.0 Å². The van der Waals surface area contributed by atoms with Crippen molar-refractivity contribution in [1.82, 2.24) is 24.9 Å². The summed E-state index contributed by atoms with van der Waals surface area (Å²) in [7, 11) is 0. The van der Waals surface area contributed by atoms with Crippen LogP contribution in [0.25, 0.3) is 11.1 Å². The molecule has 0 aliphatic heterocycles. The molecule has 0 atom stereocenters. The SMILES string of the molecule is CCOc1cc(-c2cnc(C)c(CCOc3c[c]([Sn]([CH3])([CH3])[CH3])cnc3Nc3cccc(C)n3)c2)cnc1Nc1cccc(C)n1. The Kier molecular flexibility index (Phi) is 10.2. The zero-order chi connectivity index (χ0) is 32.0. The van der Waals surface area contributed by atoms with Gasteiger partial charge in [-0.15, -0.1) is 0 Å². The molecule has 0 spiro atoms. The van der Waals surface area contributed by atoms with Crippen LogP contribution in [0.4, 0.5) is 23.3 Å². The number of aromatic nitrogens is 5. The van der Waals surface area contributed by atoms with Gasteiger partial charge in [-0.1, -0.05) is 6.07 Å². The molecule has 0 aromatic carbocycles. The van der Waals surface area contributed by atoms with E-state index in [9.17, 15) is 0 Å². The zero-order valence-corrected chi connectivity index (χ0v) is 30.0. The summed E-state index contributed by atoms with van der Waals surface area (Å²) in [4.78, 5) is 30.4. The van der Waals surface area contributed by atoms with Crippen LogP contribution in [0.5, 0.6) is 11.5 Å². The minimum absolute atomic E-state index is 0.474. The maximum atomic E-state index is 6.42. The summed E-state index contributed by atoms with van der Waals surface area (Å²) in [6, 6.07) is 18.0. The molecule has 2 N–H and O–H groups in total. The molecular weight excluding hydrogens is 669 g/mol. The monoisotopic (exact) mass is 711 g/mol. The number of aryl methyl sites for hydroxylation is 3. The first kappa shape index (κ1) is 32.2. The van der Waals surface area contributed by atoms with E-state index >= 15 is 0 Å². The first-order valence-corrected chi connectivity index (χ1v) is 25.2. The first-order chi connectivity index (χ1) is 21.6. The normalized spacial score (nSPS) is 11.3. The van der Waals surface area contributed by atoms with Gasteiger partial charge in [0.15, 0.2) is 5.82 Å². The molecular formula is C35H41N7O2Sn. The molecule has 0 fully saturated rings. The van der Waals surface area contributed by atoms with Crippen molar-refractivity contribution in [2.24, 2.45) is 0 Å². The Morgan fingerprint density at radius 2 is 1.27 bits per heavy atom. The molecule has 5 aromatic heterocycles. The number of nitrogens with one attached hydrogen (secondary N) is 2. The molecule has 5 rings (SSSR count). The number of rotatable bonds is 12. The molecule has 0 unspecified atom stereocenters. The van der Waals surface area contributed by atoms with Crippen molar-refractivity contribution < 1.29 is 9.47 Å². The number of pyridine rings is 5. The molecule has 0 bridgehead atoms. The van der Waals surface area contributed by atoms with Crippen molar-refractivity contribution in [1.29, 1.82) is 0 Å². The van der Waals surface area contributed by atoms with Crippen LogP contribution >= 0.6 is 0 Å². The van der Waals surface area contributed by atoms with Crippen LogP contribution in [-0.4, -0.2) is 56.5 Å². The van der Waals surface area contributed by atoms with Gasteiger partial charge < -0.3 is 10.1 Å². The van der Waals surface area contributed by atoms with Crippen LogP contribution in [0.15, 0.2) is 73.2 Å². The number of anilines is 4. The second kappa shape index (κ2) is 14.2. The predicted molar refractivity (Wildman–Crippen MR) is 184 cm³/mol. The molecule has 45 heavy (non-hydrogen) atoms. The molecule has 0 aliphatic rings. The molecule has 5 aromatic rings. The molecule has 5 heterocycles. The smallest absolute Gasteiger partial charge is 0.322 e.